The molecular weight excluding hydrogens is 320 g/mol. The van der Waals surface area contributed by atoms with E-state index in [0.29, 0.717) is 17.5 Å². The normalized spacial score (nSPS) is 18.0. The van der Waals surface area contributed by atoms with Gasteiger partial charge in [-0.05, 0) is 32.9 Å². The summed E-state index contributed by atoms with van der Waals surface area (Å²) in [5, 5.41) is 14.1. The number of rotatable bonds is 3. The SMILES string of the molecule is Cc1c(C(=O)N[C@H]2CC(C)(C)Oc3ccccc32)cccc1[N+](=O)[O-]. The molecule has 0 saturated carbocycles. The molecule has 0 unspecified atom stereocenters. The number of ether oxygens (including phenoxy) is 1. The number of hydrogen-bond donors (Lipinski definition) is 1. The Morgan fingerprint density at radius 1 is 1.24 bits per heavy atom. The van der Waals surface area contributed by atoms with Crippen molar-refractivity contribution in [3.63, 3.8) is 0 Å². The lowest BCUT2D eigenvalue weighted by atomic mass is 9.89. The Balaban J connectivity index is 1.91. The van der Waals surface area contributed by atoms with E-state index in [2.05, 4.69) is 5.32 Å². The first-order valence-corrected chi connectivity index (χ1v) is 8.11. The van der Waals surface area contributed by atoms with Crippen LogP contribution in [0.4, 0.5) is 5.69 Å². The third kappa shape index (κ3) is 3.33. The zero-order chi connectivity index (χ0) is 18.2. The summed E-state index contributed by atoms with van der Waals surface area (Å²) in [6, 6.07) is 11.9. The highest BCUT2D eigenvalue weighted by Crippen LogP contribution is 2.39. The van der Waals surface area contributed by atoms with Crippen molar-refractivity contribution in [2.24, 2.45) is 0 Å². The molecule has 2 aromatic carbocycles. The molecule has 0 aliphatic carbocycles. The molecule has 1 atom stereocenters. The largest absolute Gasteiger partial charge is 0.487 e. The van der Waals surface area contributed by atoms with Crippen molar-refractivity contribution in [1.29, 1.82) is 0 Å². The number of fused-ring (bicyclic) bond motifs is 1. The summed E-state index contributed by atoms with van der Waals surface area (Å²) >= 11 is 0. The van der Waals surface area contributed by atoms with Crippen LogP contribution in [-0.4, -0.2) is 16.4 Å². The molecule has 6 heteroatoms. The van der Waals surface area contributed by atoms with Crippen molar-refractivity contribution >= 4 is 11.6 Å². The van der Waals surface area contributed by atoms with Crippen molar-refractivity contribution < 1.29 is 14.5 Å². The molecule has 3 rings (SSSR count). The smallest absolute Gasteiger partial charge is 0.273 e. The predicted octanol–water partition coefficient (Wildman–Crippen LogP) is 3.94. The van der Waals surface area contributed by atoms with Crippen LogP contribution in [0.15, 0.2) is 42.5 Å². The molecular formula is C19H20N2O4. The van der Waals surface area contributed by atoms with Crippen LogP contribution in [0.3, 0.4) is 0 Å². The minimum atomic E-state index is -0.473. The van der Waals surface area contributed by atoms with Crippen LogP contribution in [0.25, 0.3) is 0 Å². The lowest BCUT2D eigenvalue weighted by Crippen LogP contribution is -2.41. The number of para-hydroxylation sites is 1. The van der Waals surface area contributed by atoms with Crippen molar-refractivity contribution in [2.75, 3.05) is 0 Å². The Labute approximate surface area is 146 Å². The number of hydrogen-bond acceptors (Lipinski definition) is 4. The van der Waals surface area contributed by atoms with Gasteiger partial charge < -0.3 is 10.1 Å². The summed E-state index contributed by atoms with van der Waals surface area (Å²) in [5.41, 5.74) is 1.13. The van der Waals surface area contributed by atoms with Crippen LogP contribution in [0.2, 0.25) is 0 Å². The zero-order valence-electron chi connectivity index (χ0n) is 14.4. The molecule has 6 nitrogen and oxygen atoms in total. The summed E-state index contributed by atoms with van der Waals surface area (Å²) in [6.07, 6.45) is 0.615. The maximum atomic E-state index is 12.8. The fourth-order valence-corrected chi connectivity index (χ4v) is 3.23. The molecule has 1 amide bonds. The van der Waals surface area contributed by atoms with Gasteiger partial charge >= 0.3 is 0 Å². The van der Waals surface area contributed by atoms with E-state index >= 15 is 0 Å². The zero-order valence-corrected chi connectivity index (χ0v) is 14.4. The Hall–Kier alpha value is -2.89. The molecule has 1 aliphatic heterocycles. The average molecular weight is 340 g/mol. The molecule has 130 valence electrons. The highest BCUT2D eigenvalue weighted by atomic mass is 16.6. The van der Waals surface area contributed by atoms with Crippen LogP contribution in [0.5, 0.6) is 5.75 Å². The quantitative estimate of drug-likeness (QED) is 0.678. The van der Waals surface area contributed by atoms with Crippen molar-refractivity contribution in [3.8, 4) is 5.75 Å². The van der Waals surface area contributed by atoms with Crippen molar-refractivity contribution in [3.05, 3.63) is 69.3 Å². The second-order valence-corrected chi connectivity index (χ2v) is 6.84. The second kappa shape index (κ2) is 6.20. The van der Waals surface area contributed by atoms with E-state index in [1.54, 1.807) is 13.0 Å². The van der Waals surface area contributed by atoms with Gasteiger partial charge in [-0.2, -0.15) is 0 Å². The Morgan fingerprint density at radius 3 is 2.68 bits per heavy atom. The average Bonchev–Trinajstić information content (AvgIpc) is 2.53. The molecule has 0 bridgehead atoms. The van der Waals surface area contributed by atoms with E-state index < -0.39 is 10.5 Å². The summed E-state index contributed by atoms with van der Waals surface area (Å²) in [6.45, 7) is 5.54. The van der Waals surface area contributed by atoms with Gasteiger partial charge in [-0.15, -0.1) is 0 Å². The highest BCUT2D eigenvalue weighted by Gasteiger charge is 2.34. The topological polar surface area (TPSA) is 81.5 Å². The van der Waals surface area contributed by atoms with E-state index in [0.717, 1.165) is 11.3 Å². The maximum Gasteiger partial charge on any atom is 0.273 e. The van der Waals surface area contributed by atoms with Gasteiger partial charge in [0.1, 0.15) is 11.4 Å². The van der Waals surface area contributed by atoms with Gasteiger partial charge in [-0.1, -0.05) is 24.3 Å². The molecule has 1 aliphatic rings. The number of nitrogens with one attached hydrogen (secondary N) is 1. The monoisotopic (exact) mass is 340 g/mol. The number of nitro groups is 1. The summed E-state index contributed by atoms with van der Waals surface area (Å²) in [7, 11) is 0. The number of carbonyl (C=O) groups excluding carboxylic acids is 1. The molecule has 1 heterocycles. The second-order valence-electron chi connectivity index (χ2n) is 6.84. The number of amides is 1. The van der Waals surface area contributed by atoms with E-state index in [1.165, 1.54) is 12.1 Å². The van der Waals surface area contributed by atoms with Crippen molar-refractivity contribution in [2.45, 2.75) is 38.8 Å². The lowest BCUT2D eigenvalue weighted by Gasteiger charge is -2.37. The minimum absolute atomic E-state index is 0.0552. The Kier molecular flexibility index (Phi) is 4.20. The molecule has 25 heavy (non-hydrogen) atoms. The van der Waals surface area contributed by atoms with Gasteiger partial charge in [0.2, 0.25) is 0 Å². The third-order valence-electron chi connectivity index (χ3n) is 4.43. The lowest BCUT2D eigenvalue weighted by molar-refractivity contribution is -0.385. The molecule has 0 fully saturated rings. The first-order valence-electron chi connectivity index (χ1n) is 8.11. The first-order chi connectivity index (χ1) is 11.8. The Morgan fingerprint density at radius 2 is 1.96 bits per heavy atom. The third-order valence-corrected chi connectivity index (χ3v) is 4.43. The van der Waals surface area contributed by atoms with Crippen LogP contribution in [-0.2, 0) is 0 Å². The van der Waals surface area contributed by atoms with Crippen molar-refractivity contribution in [1.82, 2.24) is 5.32 Å². The Bertz CT molecular complexity index is 845. The first kappa shape index (κ1) is 17.0. The molecule has 0 spiro atoms. The van der Waals surface area contributed by atoms with E-state index in [-0.39, 0.29) is 17.6 Å². The fourth-order valence-electron chi connectivity index (χ4n) is 3.23. The summed E-state index contributed by atoms with van der Waals surface area (Å²) in [5.74, 6) is 0.429. The fraction of sp³-hybridized carbons (Fsp3) is 0.316. The van der Waals surface area contributed by atoms with E-state index in [4.69, 9.17) is 4.74 Å². The predicted molar refractivity (Wildman–Crippen MR) is 93.8 cm³/mol. The number of nitrogens with zero attached hydrogens (tertiary/aromatic N) is 1. The van der Waals surface area contributed by atoms with Gasteiger partial charge in [-0.25, -0.2) is 0 Å². The molecule has 2 aromatic rings. The highest BCUT2D eigenvalue weighted by molar-refractivity contribution is 5.96. The van der Waals surface area contributed by atoms with Gasteiger partial charge in [0.25, 0.3) is 11.6 Å². The molecule has 0 aromatic heterocycles. The van der Waals surface area contributed by atoms with Crippen LogP contribution in [0, 0.1) is 17.0 Å². The molecule has 0 radical (unpaired) electrons. The van der Waals surface area contributed by atoms with E-state index in [1.807, 2.05) is 38.1 Å². The van der Waals surface area contributed by atoms with Gasteiger partial charge in [-0.3, -0.25) is 14.9 Å². The van der Waals surface area contributed by atoms with Gasteiger partial charge in [0, 0.05) is 29.2 Å². The maximum absolute atomic E-state index is 12.8. The summed E-state index contributed by atoms with van der Waals surface area (Å²) in [4.78, 5) is 23.4. The number of benzene rings is 2. The van der Waals surface area contributed by atoms with Gasteiger partial charge in [0.15, 0.2) is 0 Å². The number of carbonyl (C=O) groups is 1. The van der Waals surface area contributed by atoms with Crippen LogP contribution < -0.4 is 10.1 Å². The standard InChI is InChI=1S/C19H20N2O4/c1-12-13(8-6-9-16(12)21(23)24)18(22)20-15-11-19(2,3)25-17-10-5-4-7-14(15)17/h4-10,15H,11H2,1-3H3,(H,20,22)/t15-/m0/s1. The molecule has 0 saturated heterocycles. The minimum Gasteiger partial charge on any atom is -0.487 e. The van der Waals surface area contributed by atoms with Crippen LogP contribution in [0.1, 0.15) is 47.8 Å². The molecule has 1 N–H and O–H groups in total. The summed E-state index contributed by atoms with van der Waals surface area (Å²) < 4.78 is 5.97. The number of nitro benzene ring substituents is 1. The van der Waals surface area contributed by atoms with Crippen LogP contribution >= 0.6 is 0 Å². The van der Waals surface area contributed by atoms with Gasteiger partial charge in [0.05, 0.1) is 11.0 Å². The van der Waals surface area contributed by atoms with E-state index in [9.17, 15) is 14.9 Å².